The van der Waals surface area contributed by atoms with E-state index < -0.39 is 28.0 Å². The molecule has 2 aromatic carbocycles. The minimum atomic E-state index is -3.61. The van der Waals surface area contributed by atoms with Crippen LogP contribution in [0.2, 0.25) is 0 Å². The van der Waals surface area contributed by atoms with Crippen LogP contribution >= 0.6 is 0 Å². The van der Waals surface area contributed by atoms with E-state index in [9.17, 15) is 18.0 Å². The van der Waals surface area contributed by atoms with E-state index in [1.54, 1.807) is 13.8 Å². The molecule has 1 amide bonds. The van der Waals surface area contributed by atoms with Gasteiger partial charge in [-0.15, -0.1) is 0 Å². The van der Waals surface area contributed by atoms with E-state index in [0.717, 1.165) is 11.3 Å². The maximum atomic E-state index is 12.3. The van der Waals surface area contributed by atoms with Crippen LogP contribution in [0.4, 0.5) is 5.69 Å². The fraction of sp³-hybridized carbons (Fsp3) is 0.391. The summed E-state index contributed by atoms with van der Waals surface area (Å²) in [5.41, 5.74) is 1.53. The van der Waals surface area contributed by atoms with Crippen LogP contribution in [0.15, 0.2) is 53.4 Å². The number of esters is 1. The van der Waals surface area contributed by atoms with Gasteiger partial charge in [-0.25, -0.2) is 13.1 Å². The molecule has 0 bridgehead atoms. The van der Waals surface area contributed by atoms with Gasteiger partial charge >= 0.3 is 5.97 Å². The molecule has 0 spiro atoms. The first kappa shape index (κ1) is 25.4. The van der Waals surface area contributed by atoms with Crippen LogP contribution in [-0.4, -0.2) is 39.0 Å². The van der Waals surface area contributed by atoms with Gasteiger partial charge in [0.05, 0.1) is 11.5 Å². The molecule has 0 fully saturated rings. The SMILES string of the molecule is Cc1ccc(OCCCC(=O)OC(C)C(=O)Nc2ccc(S(=O)(=O)NC(C)C)cc2)cc1. The van der Waals surface area contributed by atoms with Gasteiger partial charge in [0.1, 0.15) is 5.75 Å². The van der Waals surface area contributed by atoms with Crippen molar-refractivity contribution in [2.75, 3.05) is 11.9 Å². The van der Waals surface area contributed by atoms with Crippen LogP contribution in [0.25, 0.3) is 0 Å². The molecule has 8 nitrogen and oxygen atoms in total. The summed E-state index contributed by atoms with van der Waals surface area (Å²) in [6.45, 7) is 7.28. The topological polar surface area (TPSA) is 111 Å². The van der Waals surface area contributed by atoms with Crippen molar-refractivity contribution < 1.29 is 27.5 Å². The number of hydrogen-bond donors (Lipinski definition) is 2. The Morgan fingerprint density at radius 3 is 2.19 bits per heavy atom. The number of amides is 1. The van der Waals surface area contributed by atoms with E-state index in [2.05, 4.69) is 10.0 Å². The van der Waals surface area contributed by atoms with Crippen LogP contribution in [0, 0.1) is 6.92 Å². The Hall–Kier alpha value is -2.91. The van der Waals surface area contributed by atoms with E-state index in [1.807, 2.05) is 31.2 Å². The van der Waals surface area contributed by atoms with Crippen LogP contribution in [0.5, 0.6) is 5.75 Å². The number of nitrogens with one attached hydrogen (secondary N) is 2. The van der Waals surface area contributed by atoms with E-state index in [4.69, 9.17) is 9.47 Å². The van der Waals surface area contributed by atoms with Crippen molar-refractivity contribution in [1.29, 1.82) is 0 Å². The van der Waals surface area contributed by atoms with Gasteiger partial charge in [-0.3, -0.25) is 9.59 Å². The number of carbonyl (C=O) groups is 2. The van der Waals surface area contributed by atoms with Crippen LogP contribution < -0.4 is 14.8 Å². The normalized spacial score (nSPS) is 12.3. The molecule has 0 radical (unpaired) electrons. The van der Waals surface area contributed by atoms with Gasteiger partial charge in [-0.1, -0.05) is 17.7 Å². The Bertz CT molecular complexity index is 1000. The Balaban J connectivity index is 1.75. The number of benzene rings is 2. The van der Waals surface area contributed by atoms with Gasteiger partial charge in [-0.05, 0) is 70.5 Å². The zero-order chi connectivity index (χ0) is 23.7. The first-order valence-corrected chi connectivity index (χ1v) is 11.9. The lowest BCUT2D eigenvalue weighted by atomic mass is 10.2. The number of anilines is 1. The first-order valence-electron chi connectivity index (χ1n) is 10.4. The fourth-order valence-electron chi connectivity index (χ4n) is 2.69. The van der Waals surface area contributed by atoms with Crippen molar-refractivity contribution in [1.82, 2.24) is 4.72 Å². The second-order valence-electron chi connectivity index (χ2n) is 7.69. The van der Waals surface area contributed by atoms with Crippen molar-refractivity contribution >= 4 is 27.6 Å². The van der Waals surface area contributed by atoms with Gasteiger partial charge in [0.15, 0.2) is 6.10 Å². The second kappa shape index (κ2) is 11.6. The Morgan fingerprint density at radius 2 is 1.59 bits per heavy atom. The molecule has 0 aliphatic rings. The predicted molar refractivity (Wildman–Crippen MR) is 122 cm³/mol. The maximum Gasteiger partial charge on any atom is 0.306 e. The zero-order valence-electron chi connectivity index (χ0n) is 18.8. The summed E-state index contributed by atoms with van der Waals surface area (Å²) in [5, 5.41) is 2.60. The summed E-state index contributed by atoms with van der Waals surface area (Å²) in [6, 6.07) is 13.1. The van der Waals surface area contributed by atoms with Crippen molar-refractivity contribution in [3.05, 3.63) is 54.1 Å². The van der Waals surface area contributed by atoms with E-state index in [1.165, 1.54) is 31.2 Å². The lowest BCUT2D eigenvalue weighted by Gasteiger charge is -2.14. The molecule has 0 aliphatic carbocycles. The number of sulfonamides is 1. The van der Waals surface area contributed by atoms with Gasteiger partial charge in [0.25, 0.3) is 5.91 Å². The molecule has 2 aromatic rings. The van der Waals surface area contributed by atoms with Gasteiger partial charge in [0.2, 0.25) is 10.0 Å². The minimum Gasteiger partial charge on any atom is -0.494 e. The van der Waals surface area contributed by atoms with Crippen molar-refractivity contribution in [3.8, 4) is 5.75 Å². The summed E-state index contributed by atoms with van der Waals surface area (Å²) < 4.78 is 37.5. The molecule has 0 aromatic heterocycles. The standard InChI is InChI=1S/C23H30N2O6S/c1-16(2)25-32(28,29)21-13-9-19(10-14-21)24-23(27)18(4)31-22(26)6-5-15-30-20-11-7-17(3)8-12-20/h7-14,16,18,25H,5-6,15H2,1-4H3,(H,24,27). The largest absolute Gasteiger partial charge is 0.494 e. The highest BCUT2D eigenvalue weighted by Gasteiger charge is 2.19. The number of ether oxygens (including phenoxy) is 2. The highest BCUT2D eigenvalue weighted by molar-refractivity contribution is 7.89. The molecule has 9 heteroatoms. The van der Waals surface area contributed by atoms with E-state index in [0.29, 0.717) is 18.7 Å². The summed E-state index contributed by atoms with van der Waals surface area (Å²) in [4.78, 5) is 24.3. The number of hydrogen-bond acceptors (Lipinski definition) is 6. The molecule has 2 rings (SSSR count). The summed E-state index contributed by atoms with van der Waals surface area (Å²) in [6.07, 6.45) is -0.410. The lowest BCUT2D eigenvalue weighted by molar-refractivity contribution is -0.153. The minimum absolute atomic E-state index is 0.0940. The van der Waals surface area contributed by atoms with Gasteiger partial charge in [-0.2, -0.15) is 0 Å². The third kappa shape index (κ3) is 8.32. The van der Waals surface area contributed by atoms with E-state index in [-0.39, 0.29) is 17.4 Å². The molecule has 174 valence electrons. The molecule has 0 saturated carbocycles. The highest BCUT2D eigenvalue weighted by Crippen LogP contribution is 2.15. The molecular weight excluding hydrogens is 432 g/mol. The van der Waals surface area contributed by atoms with Gasteiger partial charge < -0.3 is 14.8 Å². The summed E-state index contributed by atoms with van der Waals surface area (Å²) in [5.74, 6) is -0.276. The smallest absolute Gasteiger partial charge is 0.306 e. The predicted octanol–water partition coefficient (Wildman–Crippen LogP) is 3.41. The van der Waals surface area contributed by atoms with Crippen molar-refractivity contribution in [2.45, 2.75) is 57.6 Å². The molecule has 32 heavy (non-hydrogen) atoms. The average Bonchev–Trinajstić information content (AvgIpc) is 2.72. The van der Waals surface area contributed by atoms with Gasteiger partial charge in [0, 0.05) is 18.2 Å². The quantitative estimate of drug-likeness (QED) is 0.391. The molecule has 0 heterocycles. The molecule has 1 unspecified atom stereocenters. The van der Waals surface area contributed by atoms with Crippen LogP contribution in [0.3, 0.4) is 0 Å². The molecule has 0 aliphatic heterocycles. The molecular formula is C23H30N2O6S. The fourth-order valence-corrected chi connectivity index (χ4v) is 3.94. The third-order valence-corrected chi connectivity index (χ3v) is 5.99. The number of rotatable bonds is 11. The van der Waals surface area contributed by atoms with Crippen molar-refractivity contribution in [3.63, 3.8) is 0 Å². The second-order valence-corrected chi connectivity index (χ2v) is 9.40. The number of carbonyl (C=O) groups excluding carboxylic acids is 2. The van der Waals surface area contributed by atoms with Crippen LogP contribution in [-0.2, 0) is 24.3 Å². The monoisotopic (exact) mass is 462 g/mol. The van der Waals surface area contributed by atoms with E-state index >= 15 is 0 Å². The maximum absolute atomic E-state index is 12.3. The Kier molecular flexibility index (Phi) is 9.22. The Labute approximate surface area is 189 Å². The number of aryl methyl sites for hydroxylation is 1. The van der Waals surface area contributed by atoms with Crippen LogP contribution in [0.1, 0.15) is 39.2 Å². The average molecular weight is 463 g/mol. The highest BCUT2D eigenvalue weighted by atomic mass is 32.2. The molecule has 1 atom stereocenters. The zero-order valence-corrected chi connectivity index (χ0v) is 19.6. The summed E-state index contributed by atoms with van der Waals surface area (Å²) in [7, 11) is -3.61. The molecule has 2 N–H and O–H groups in total. The van der Waals surface area contributed by atoms with Crippen molar-refractivity contribution in [2.24, 2.45) is 0 Å². The molecule has 0 saturated heterocycles. The lowest BCUT2D eigenvalue weighted by Crippen LogP contribution is -2.30. The Morgan fingerprint density at radius 1 is 0.969 bits per heavy atom. The third-order valence-electron chi connectivity index (χ3n) is 4.32. The first-order chi connectivity index (χ1) is 15.1. The summed E-state index contributed by atoms with van der Waals surface area (Å²) >= 11 is 0.